The van der Waals surface area contributed by atoms with Gasteiger partial charge in [-0.25, -0.2) is 0 Å². The van der Waals surface area contributed by atoms with Crippen LogP contribution in [0.2, 0.25) is 0 Å². The number of allylic oxidation sites excluding steroid dienone is 1. The molecular formula is C29H27N. The van der Waals surface area contributed by atoms with Gasteiger partial charge in [0.1, 0.15) is 0 Å². The predicted octanol–water partition coefficient (Wildman–Crippen LogP) is 7.78. The molecule has 0 heterocycles. The van der Waals surface area contributed by atoms with Gasteiger partial charge >= 0.3 is 0 Å². The minimum atomic E-state index is 0.812. The van der Waals surface area contributed by atoms with Gasteiger partial charge in [0, 0.05) is 16.8 Å². The monoisotopic (exact) mass is 389 g/mol. The van der Waals surface area contributed by atoms with Gasteiger partial charge in [-0.2, -0.15) is 0 Å². The number of hydrogen-bond acceptors (Lipinski definition) is 1. The van der Waals surface area contributed by atoms with Crippen LogP contribution in [-0.4, -0.2) is 0 Å². The fraction of sp³-hybridized carbons (Fsp3) is 0.103. The number of nitrogens with two attached hydrogens (primary N) is 1. The molecule has 4 aromatic rings. The van der Waals surface area contributed by atoms with E-state index in [2.05, 4.69) is 112 Å². The molecule has 0 aromatic heterocycles. The van der Waals surface area contributed by atoms with Gasteiger partial charge in [0.15, 0.2) is 0 Å². The SMILES string of the molecule is C/C(=C\c1c(-c2ccc(C)cc2)ccc(-c2ccc(C)cc2)c1N)c1ccccc1. The summed E-state index contributed by atoms with van der Waals surface area (Å²) in [4.78, 5) is 0. The molecule has 0 unspecified atom stereocenters. The topological polar surface area (TPSA) is 26.0 Å². The summed E-state index contributed by atoms with van der Waals surface area (Å²) in [5, 5.41) is 0. The van der Waals surface area contributed by atoms with Gasteiger partial charge in [-0.3, -0.25) is 0 Å². The Bertz CT molecular complexity index is 1180. The molecule has 1 nitrogen and oxygen atoms in total. The van der Waals surface area contributed by atoms with E-state index in [9.17, 15) is 0 Å². The van der Waals surface area contributed by atoms with Crippen LogP contribution in [0.25, 0.3) is 33.9 Å². The third kappa shape index (κ3) is 4.06. The highest BCUT2D eigenvalue weighted by atomic mass is 14.6. The van der Waals surface area contributed by atoms with Gasteiger partial charge < -0.3 is 5.73 Å². The average molecular weight is 390 g/mol. The summed E-state index contributed by atoms with van der Waals surface area (Å²) in [5.74, 6) is 0. The van der Waals surface area contributed by atoms with E-state index in [0.29, 0.717) is 0 Å². The van der Waals surface area contributed by atoms with Gasteiger partial charge in [-0.05, 0) is 54.7 Å². The number of hydrogen-bond donors (Lipinski definition) is 1. The van der Waals surface area contributed by atoms with Crippen molar-refractivity contribution in [3.8, 4) is 22.3 Å². The zero-order valence-electron chi connectivity index (χ0n) is 17.8. The summed E-state index contributed by atoms with van der Waals surface area (Å²) in [6.07, 6.45) is 2.22. The fourth-order valence-electron chi connectivity index (χ4n) is 3.76. The molecule has 0 amide bonds. The van der Waals surface area contributed by atoms with Crippen molar-refractivity contribution >= 4 is 17.3 Å². The largest absolute Gasteiger partial charge is 0.398 e. The molecule has 0 saturated heterocycles. The van der Waals surface area contributed by atoms with E-state index in [1.807, 2.05) is 6.07 Å². The van der Waals surface area contributed by atoms with Crippen LogP contribution in [0, 0.1) is 13.8 Å². The first-order valence-electron chi connectivity index (χ1n) is 10.3. The van der Waals surface area contributed by atoms with E-state index in [1.165, 1.54) is 27.8 Å². The summed E-state index contributed by atoms with van der Waals surface area (Å²) in [7, 11) is 0. The summed E-state index contributed by atoms with van der Waals surface area (Å²) < 4.78 is 0. The van der Waals surface area contributed by atoms with Gasteiger partial charge in [0.2, 0.25) is 0 Å². The Balaban J connectivity index is 1.91. The molecule has 148 valence electrons. The molecule has 0 saturated carbocycles. The van der Waals surface area contributed by atoms with Crippen LogP contribution in [0.4, 0.5) is 5.69 Å². The predicted molar refractivity (Wildman–Crippen MR) is 131 cm³/mol. The minimum absolute atomic E-state index is 0.812. The zero-order chi connectivity index (χ0) is 21.1. The minimum Gasteiger partial charge on any atom is -0.398 e. The van der Waals surface area contributed by atoms with Gasteiger partial charge in [-0.15, -0.1) is 0 Å². The first-order chi connectivity index (χ1) is 14.5. The number of anilines is 1. The molecule has 0 aliphatic heterocycles. The fourth-order valence-corrected chi connectivity index (χ4v) is 3.76. The van der Waals surface area contributed by atoms with Crippen LogP contribution in [-0.2, 0) is 0 Å². The molecule has 0 spiro atoms. The van der Waals surface area contributed by atoms with Crippen LogP contribution in [0.1, 0.15) is 29.2 Å². The van der Waals surface area contributed by atoms with Crippen molar-refractivity contribution in [2.45, 2.75) is 20.8 Å². The molecule has 4 rings (SSSR count). The Morgan fingerprint density at radius 2 is 1.13 bits per heavy atom. The molecule has 0 aliphatic carbocycles. The molecule has 0 aliphatic rings. The van der Waals surface area contributed by atoms with Crippen LogP contribution in [0.5, 0.6) is 0 Å². The third-order valence-electron chi connectivity index (χ3n) is 5.60. The Kier molecular flexibility index (Phi) is 5.54. The lowest BCUT2D eigenvalue weighted by molar-refractivity contribution is 1.46. The molecule has 1 heteroatoms. The standard InChI is InChI=1S/C29H27N/c1-20-9-13-24(14-10-20)26-17-18-27(25-15-11-21(2)12-16-25)29(30)28(26)19-22(3)23-7-5-4-6-8-23/h4-19H,30H2,1-3H3/b22-19+. The molecule has 4 aromatic carbocycles. The Labute approximate surface area is 179 Å². The lowest BCUT2D eigenvalue weighted by Crippen LogP contribution is -1.97. The van der Waals surface area contributed by atoms with Crippen molar-refractivity contribution in [3.63, 3.8) is 0 Å². The zero-order valence-corrected chi connectivity index (χ0v) is 17.8. The molecule has 0 fully saturated rings. The van der Waals surface area contributed by atoms with Gasteiger partial charge in [0.25, 0.3) is 0 Å². The van der Waals surface area contributed by atoms with Crippen LogP contribution in [0.15, 0.2) is 91.0 Å². The molecule has 0 atom stereocenters. The summed E-state index contributed by atoms with van der Waals surface area (Å²) in [6, 6.07) is 32.0. The van der Waals surface area contributed by atoms with Crippen LogP contribution < -0.4 is 5.73 Å². The van der Waals surface area contributed by atoms with Crippen molar-refractivity contribution < 1.29 is 0 Å². The second-order valence-corrected chi connectivity index (χ2v) is 7.91. The van der Waals surface area contributed by atoms with Gasteiger partial charge in [-0.1, -0.05) is 102 Å². The Hall–Kier alpha value is -3.58. The normalized spacial score (nSPS) is 11.5. The van der Waals surface area contributed by atoms with Crippen molar-refractivity contribution in [2.24, 2.45) is 0 Å². The highest BCUT2D eigenvalue weighted by Crippen LogP contribution is 2.38. The van der Waals surface area contributed by atoms with E-state index in [0.717, 1.165) is 27.9 Å². The van der Waals surface area contributed by atoms with E-state index in [4.69, 9.17) is 5.73 Å². The third-order valence-corrected chi connectivity index (χ3v) is 5.60. The van der Waals surface area contributed by atoms with Crippen molar-refractivity contribution in [1.82, 2.24) is 0 Å². The Morgan fingerprint density at radius 3 is 1.70 bits per heavy atom. The first-order valence-corrected chi connectivity index (χ1v) is 10.3. The average Bonchev–Trinajstić information content (AvgIpc) is 2.77. The number of rotatable bonds is 4. The highest BCUT2D eigenvalue weighted by molar-refractivity contribution is 5.96. The van der Waals surface area contributed by atoms with Crippen molar-refractivity contribution in [3.05, 3.63) is 113 Å². The van der Waals surface area contributed by atoms with E-state index in [1.54, 1.807) is 0 Å². The number of benzene rings is 4. The quantitative estimate of drug-likeness (QED) is 0.280. The smallest absolute Gasteiger partial charge is 0.0473 e. The number of aryl methyl sites for hydroxylation is 2. The summed E-state index contributed by atoms with van der Waals surface area (Å²) in [6.45, 7) is 6.36. The molecule has 0 bridgehead atoms. The number of nitrogen functional groups attached to an aromatic ring is 1. The van der Waals surface area contributed by atoms with E-state index >= 15 is 0 Å². The molecule has 2 N–H and O–H groups in total. The summed E-state index contributed by atoms with van der Waals surface area (Å²) in [5.41, 5.74) is 18.1. The summed E-state index contributed by atoms with van der Waals surface area (Å²) >= 11 is 0. The highest BCUT2D eigenvalue weighted by Gasteiger charge is 2.13. The first kappa shape index (κ1) is 19.7. The van der Waals surface area contributed by atoms with Crippen LogP contribution in [0.3, 0.4) is 0 Å². The second kappa shape index (κ2) is 8.42. The second-order valence-electron chi connectivity index (χ2n) is 7.91. The van der Waals surface area contributed by atoms with E-state index in [-0.39, 0.29) is 0 Å². The lowest BCUT2D eigenvalue weighted by atomic mass is 9.90. The maximum atomic E-state index is 6.80. The lowest BCUT2D eigenvalue weighted by Gasteiger charge is -2.16. The van der Waals surface area contributed by atoms with Crippen molar-refractivity contribution in [1.29, 1.82) is 0 Å². The molecule has 0 radical (unpaired) electrons. The maximum absolute atomic E-state index is 6.80. The Morgan fingerprint density at radius 1 is 0.633 bits per heavy atom. The van der Waals surface area contributed by atoms with Crippen molar-refractivity contribution in [2.75, 3.05) is 5.73 Å². The maximum Gasteiger partial charge on any atom is 0.0473 e. The van der Waals surface area contributed by atoms with Gasteiger partial charge in [0.05, 0.1) is 0 Å². The molecular weight excluding hydrogens is 362 g/mol. The van der Waals surface area contributed by atoms with Crippen LogP contribution >= 0.6 is 0 Å². The molecule has 30 heavy (non-hydrogen) atoms. The van der Waals surface area contributed by atoms with E-state index < -0.39 is 0 Å².